The molecule has 4 rings (SSSR count). The second kappa shape index (κ2) is 6.21. The fraction of sp³-hybridized carbons (Fsp3) is 0.250. The molecule has 5 heteroatoms. The minimum absolute atomic E-state index is 0.719. The predicted molar refractivity (Wildman–Crippen MR) is 91.4 cm³/mol. The minimum Gasteiger partial charge on any atom is -0.399 e. The highest BCUT2D eigenvalue weighted by Gasteiger charge is 2.12. The standard InChI is InChI=1S/C8H8INO.C8H9NO/c9-7-1-5-3-11-4-6(5)2-8(7)10;9-8-2-1-6-4-10-5-7(6)3-8/h1-2H,3-4,10H2;1-3H,4-5,9H2. The fourth-order valence-electron chi connectivity index (χ4n) is 2.41. The Balaban J connectivity index is 0.000000126. The van der Waals surface area contributed by atoms with Crippen LogP contribution in [0.3, 0.4) is 0 Å². The van der Waals surface area contributed by atoms with Crippen molar-refractivity contribution in [3.63, 3.8) is 0 Å². The van der Waals surface area contributed by atoms with Crippen LogP contribution in [0.2, 0.25) is 0 Å². The summed E-state index contributed by atoms with van der Waals surface area (Å²) in [4.78, 5) is 0. The number of hydrogen-bond acceptors (Lipinski definition) is 4. The summed E-state index contributed by atoms with van der Waals surface area (Å²) >= 11 is 2.24. The normalized spacial score (nSPS) is 15.1. The van der Waals surface area contributed by atoms with E-state index in [4.69, 9.17) is 20.9 Å². The molecule has 2 aliphatic rings. The Morgan fingerprint density at radius 1 is 0.762 bits per heavy atom. The van der Waals surface area contributed by atoms with Crippen molar-refractivity contribution in [3.8, 4) is 0 Å². The molecule has 2 aromatic rings. The van der Waals surface area contributed by atoms with Gasteiger partial charge < -0.3 is 20.9 Å². The first-order valence-electron chi connectivity index (χ1n) is 6.73. The van der Waals surface area contributed by atoms with Gasteiger partial charge in [0.15, 0.2) is 0 Å². The summed E-state index contributed by atoms with van der Waals surface area (Å²) in [6.07, 6.45) is 0. The highest BCUT2D eigenvalue weighted by atomic mass is 127. The van der Waals surface area contributed by atoms with Gasteiger partial charge in [-0.2, -0.15) is 0 Å². The van der Waals surface area contributed by atoms with Gasteiger partial charge in [0.05, 0.1) is 26.4 Å². The van der Waals surface area contributed by atoms with E-state index in [0.29, 0.717) is 0 Å². The molecule has 0 radical (unpaired) electrons. The highest BCUT2D eigenvalue weighted by molar-refractivity contribution is 14.1. The third kappa shape index (κ3) is 3.30. The lowest BCUT2D eigenvalue weighted by Crippen LogP contribution is -1.92. The summed E-state index contributed by atoms with van der Waals surface area (Å²) in [7, 11) is 0. The number of fused-ring (bicyclic) bond motifs is 2. The average Bonchev–Trinajstić information content (AvgIpc) is 3.08. The topological polar surface area (TPSA) is 70.5 Å². The maximum absolute atomic E-state index is 5.73. The van der Waals surface area contributed by atoms with Crippen LogP contribution in [0.5, 0.6) is 0 Å². The van der Waals surface area contributed by atoms with Crippen LogP contribution in [0.15, 0.2) is 30.3 Å². The number of rotatable bonds is 0. The van der Waals surface area contributed by atoms with Gasteiger partial charge in [0, 0.05) is 14.9 Å². The fourth-order valence-corrected chi connectivity index (χ4v) is 2.94. The first-order valence-corrected chi connectivity index (χ1v) is 7.81. The molecule has 4 N–H and O–H groups in total. The van der Waals surface area contributed by atoms with E-state index in [-0.39, 0.29) is 0 Å². The molecule has 0 spiro atoms. The van der Waals surface area contributed by atoms with E-state index in [0.717, 1.165) is 41.4 Å². The molecule has 0 aliphatic carbocycles. The van der Waals surface area contributed by atoms with E-state index in [9.17, 15) is 0 Å². The summed E-state index contributed by atoms with van der Waals surface area (Å²) < 4.78 is 11.6. The lowest BCUT2D eigenvalue weighted by atomic mass is 10.1. The van der Waals surface area contributed by atoms with Crippen molar-refractivity contribution >= 4 is 34.0 Å². The van der Waals surface area contributed by atoms with E-state index in [1.807, 2.05) is 24.3 Å². The van der Waals surface area contributed by atoms with Crippen LogP contribution in [-0.4, -0.2) is 0 Å². The number of halogens is 1. The van der Waals surface area contributed by atoms with Crippen molar-refractivity contribution < 1.29 is 9.47 Å². The summed E-state index contributed by atoms with van der Waals surface area (Å²) in [5.74, 6) is 0. The van der Waals surface area contributed by atoms with Crippen molar-refractivity contribution in [1.82, 2.24) is 0 Å². The quantitative estimate of drug-likeness (QED) is 0.530. The van der Waals surface area contributed by atoms with Gasteiger partial charge in [0.2, 0.25) is 0 Å². The van der Waals surface area contributed by atoms with Gasteiger partial charge in [-0.3, -0.25) is 0 Å². The van der Waals surface area contributed by atoms with E-state index in [2.05, 4.69) is 28.7 Å². The van der Waals surface area contributed by atoms with Crippen LogP contribution in [0.1, 0.15) is 22.3 Å². The first-order chi connectivity index (χ1) is 10.1. The van der Waals surface area contributed by atoms with Crippen LogP contribution in [-0.2, 0) is 35.9 Å². The second-order valence-electron chi connectivity index (χ2n) is 5.16. The summed E-state index contributed by atoms with van der Waals surface area (Å²) in [6.45, 7) is 2.93. The van der Waals surface area contributed by atoms with Gasteiger partial charge in [-0.05, 0) is 69.1 Å². The Labute approximate surface area is 137 Å². The van der Waals surface area contributed by atoms with Gasteiger partial charge in [-0.15, -0.1) is 0 Å². The third-order valence-corrected chi connectivity index (χ3v) is 4.51. The average molecular weight is 396 g/mol. The molecule has 0 saturated carbocycles. The van der Waals surface area contributed by atoms with Crippen LogP contribution in [0.4, 0.5) is 11.4 Å². The molecule has 2 heterocycles. The summed E-state index contributed by atoms with van der Waals surface area (Å²) in [5.41, 5.74) is 18.0. The van der Waals surface area contributed by atoms with Crippen LogP contribution < -0.4 is 11.5 Å². The second-order valence-corrected chi connectivity index (χ2v) is 6.32. The van der Waals surface area contributed by atoms with Crippen molar-refractivity contribution in [2.24, 2.45) is 0 Å². The smallest absolute Gasteiger partial charge is 0.0725 e. The molecule has 4 nitrogen and oxygen atoms in total. The maximum Gasteiger partial charge on any atom is 0.0725 e. The van der Waals surface area contributed by atoms with Crippen molar-refractivity contribution in [2.45, 2.75) is 26.4 Å². The Morgan fingerprint density at radius 3 is 2.05 bits per heavy atom. The minimum atomic E-state index is 0.719. The van der Waals surface area contributed by atoms with E-state index >= 15 is 0 Å². The molecule has 110 valence electrons. The molecule has 2 aliphatic heterocycles. The molecular weight excluding hydrogens is 379 g/mol. The van der Waals surface area contributed by atoms with Gasteiger partial charge >= 0.3 is 0 Å². The zero-order valence-corrected chi connectivity index (χ0v) is 13.7. The van der Waals surface area contributed by atoms with Crippen LogP contribution in [0, 0.1) is 3.57 Å². The molecule has 2 aromatic carbocycles. The molecule has 0 bridgehead atoms. The third-order valence-electron chi connectivity index (χ3n) is 3.58. The molecule has 0 fully saturated rings. The summed E-state index contributed by atoms with van der Waals surface area (Å²) in [6, 6.07) is 10.0. The van der Waals surface area contributed by atoms with Crippen LogP contribution >= 0.6 is 22.6 Å². The number of nitrogens with two attached hydrogens (primary N) is 2. The molecule has 0 atom stereocenters. The maximum atomic E-state index is 5.73. The SMILES string of the molecule is Nc1cc2c(cc1I)COC2.Nc1ccc2c(c1)COC2. The first kappa shape index (κ1) is 14.6. The molecule has 0 aromatic heterocycles. The van der Waals surface area contributed by atoms with Crippen molar-refractivity contribution in [1.29, 1.82) is 0 Å². The Kier molecular flexibility index (Phi) is 4.32. The molecular formula is C16H17IN2O2. The summed E-state index contributed by atoms with van der Waals surface area (Å²) in [5, 5.41) is 0. The number of hydrogen-bond donors (Lipinski definition) is 2. The van der Waals surface area contributed by atoms with E-state index in [1.54, 1.807) is 0 Å². The largest absolute Gasteiger partial charge is 0.399 e. The Bertz CT molecular complexity index is 645. The lowest BCUT2D eigenvalue weighted by molar-refractivity contribution is 0.134. The number of ether oxygens (including phenoxy) is 2. The van der Waals surface area contributed by atoms with Crippen molar-refractivity contribution in [3.05, 3.63) is 56.2 Å². The predicted octanol–water partition coefficient (Wildman–Crippen LogP) is 3.20. The van der Waals surface area contributed by atoms with E-state index in [1.165, 1.54) is 22.3 Å². The van der Waals surface area contributed by atoms with Crippen LogP contribution in [0.25, 0.3) is 0 Å². The van der Waals surface area contributed by atoms with Crippen molar-refractivity contribution in [2.75, 3.05) is 11.5 Å². The van der Waals surface area contributed by atoms with E-state index < -0.39 is 0 Å². The van der Waals surface area contributed by atoms with Gasteiger partial charge in [-0.1, -0.05) is 6.07 Å². The lowest BCUT2D eigenvalue weighted by Gasteiger charge is -2.00. The Morgan fingerprint density at radius 2 is 1.33 bits per heavy atom. The zero-order valence-electron chi connectivity index (χ0n) is 11.6. The molecule has 0 unspecified atom stereocenters. The van der Waals surface area contributed by atoms with Gasteiger partial charge in [0.1, 0.15) is 0 Å². The zero-order chi connectivity index (χ0) is 14.8. The number of benzene rings is 2. The monoisotopic (exact) mass is 396 g/mol. The van der Waals surface area contributed by atoms with Gasteiger partial charge in [0.25, 0.3) is 0 Å². The number of nitrogen functional groups attached to an aromatic ring is 2. The van der Waals surface area contributed by atoms with Gasteiger partial charge in [-0.25, -0.2) is 0 Å². The Hall–Kier alpha value is -1.31. The molecule has 21 heavy (non-hydrogen) atoms. The molecule has 0 amide bonds. The number of anilines is 2. The highest BCUT2D eigenvalue weighted by Crippen LogP contribution is 2.26. The molecule has 0 saturated heterocycles.